The first-order valence-electron chi connectivity index (χ1n) is 5.92. The lowest BCUT2D eigenvalue weighted by Gasteiger charge is -2.13. The molecule has 21 heavy (non-hydrogen) atoms. The number of nitrogens with zero attached hydrogens (tertiary/aromatic N) is 2. The highest BCUT2D eigenvalue weighted by Gasteiger charge is 2.37. The van der Waals surface area contributed by atoms with Crippen LogP contribution in [-0.4, -0.2) is 16.7 Å². The summed E-state index contributed by atoms with van der Waals surface area (Å²) in [6, 6.07) is 9.81. The third kappa shape index (κ3) is 2.05. The molecule has 0 saturated heterocycles. The number of non-ortho nitro benzene ring substituents is 1. The molecule has 0 unspecified atom stereocenters. The average Bonchev–Trinajstić information content (AvgIpc) is 2.72. The zero-order valence-electron chi connectivity index (χ0n) is 10.4. The number of hydrogen-bond acceptors (Lipinski definition) is 4. The van der Waals surface area contributed by atoms with Crippen LogP contribution in [0.4, 0.5) is 11.4 Å². The van der Waals surface area contributed by atoms with E-state index in [1.807, 2.05) is 0 Å². The van der Waals surface area contributed by atoms with E-state index in [1.165, 1.54) is 12.1 Å². The van der Waals surface area contributed by atoms with E-state index in [0.29, 0.717) is 10.7 Å². The van der Waals surface area contributed by atoms with Gasteiger partial charge in [0, 0.05) is 17.2 Å². The van der Waals surface area contributed by atoms with Crippen LogP contribution in [0.2, 0.25) is 5.02 Å². The van der Waals surface area contributed by atoms with Crippen molar-refractivity contribution in [3.63, 3.8) is 0 Å². The summed E-state index contributed by atoms with van der Waals surface area (Å²) in [5.41, 5.74) is 0.325. The van der Waals surface area contributed by atoms with Crippen molar-refractivity contribution in [3.8, 4) is 0 Å². The molecule has 0 bridgehead atoms. The van der Waals surface area contributed by atoms with Gasteiger partial charge in [-0.15, -0.1) is 0 Å². The molecular weight excluding hydrogens is 296 g/mol. The molecule has 1 aliphatic rings. The van der Waals surface area contributed by atoms with E-state index < -0.39 is 16.7 Å². The lowest BCUT2D eigenvalue weighted by molar-refractivity contribution is -0.384. The number of nitro groups is 1. The molecule has 2 aromatic carbocycles. The highest BCUT2D eigenvalue weighted by molar-refractivity contribution is 6.35. The predicted molar refractivity (Wildman–Crippen MR) is 75.7 cm³/mol. The van der Waals surface area contributed by atoms with Crippen LogP contribution in [0.1, 0.15) is 20.7 Å². The molecule has 0 N–H and O–H groups in total. The zero-order valence-corrected chi connectivity index (χ0v) is 11.2. The standard InChI is InChI=1S/C14H7ClN2O4/c15-8-1-3-9(4-2-8)16-13(18)11-6-5-10(17(20)21)7-12(11)14(16)19/h1-7H. The summed E-state index contributed by atoms with van der Waals surface area (Å²) < 4.78 is 0. The summed E-state index contributed by atoms with van der Waals surface area (Å²) in [4.78, 5) is 35.7. The molecule has 0 aliphatic carbocycles. The van der Waals surface area contributed by atoms with Crippen molar-refractivity contribution in [2.24, 2.45) is 0 Å². The van der Waals surface area contributed by atoms with Crippen molar-refractivity contribution in [2.75, 3.05) is 4.90 Å². The molecule has 1 aliphatic heterocycles. The Labute approximate surface area is 123 Å². The second-order valence-corrected chi connectivity index (χ2v) is 4.85. The van der Waals surface area contributed by atoms with Crippen LogP contribution in [0.25, 0.3) is 0 Å². The first-order chi connectivity index (χ1) is 9.99. The molecule has 1 heterocycles. The zero-order chi connectivity index (χ0) is 15.1. The van der Waals surface area contributed by atoms with Crippen molar-refractivity contribution in [1.82, 2.24) is 0 Å². The summed E-state index contributed by atoms with van der Waals surface area (Å²) >= 11 is 5.77. The SMILES string of the molecule is O=C1c2ccc([N+](=O)[O-])cc2C(=O)N1c1ccc(Cl)cc1. The molecule has 104 valence electrons. The summed E-state index contributed by atoms with van der Waals surface area (Å²) in [5.74, 6) is -1.09. The van der Waals surface area contributed by atoms with E-state index >= 15 is 0 Å². The Kier molecular flexibility index (Phi) is 2.95. The fourth-order valence-electron chi connectivity index (χ4n) is 2.17. The molecule has 2 amide bonds. The first-order valence-corrected chi connectivity index (χ1v) is 6.29. The van der Waals surface area contributed by atoms with Crippen molar-refractivity contribution in [3.05, 3.63) is 68.7 Å². The van der Waals surface area contributed by atoms with E-state index in [2.05, 4.69) is 0 Å². The fourth-order valence-corrected chi connectivity index (χ4v) is 2.29. The molecule has 0 atom stereocenters. The Morgan fingerprint density at radius 3 is 2.19 bits per heavy atom. The lowest BCUT2D eigenvalue weighted by Crippen LogP contribution is -2.29. The van der Waals surface area contributed by atoms with Crippen molar-refractivity contribution >= 4 is 34.8 Å². The predicted octanol–water partition coefficient (Wildman–Crippen LogP) is 3.05. The van der Waals surface area contributed by atoms with Gasteiger partial charge in [-0.2, -0.15) is 0 Å². The van der Waals surface area contributed by atoms with Gasteiger partial charge in [0.1, 0.15) is 0 Å². The van der Waals surface area contributed by atoms with Crippen molar-refractivity contribution in [1.29, 1.82) is 0 Å². The molecule has 0 spiro atoms. The number of imide groups is 1. The van der Waals surface area contributed by atoms with Crippen molar-refractivity contribution in [2.45, 2.75) is 0 Å². The van der Waals surface area contributed by atoms with Crippen LogP contribution in [-0.2, 0) is 0 Å². The summed E-state index contributed by atoms with van der Waals surface area (Å²) in [5, 5.41) is 11.2. The van der Waals surface area contributed by atoms with Crippen LogP contribution >= 0.6 is 11.6 Å². The number of fused-ring (bicyclic) bond motifs is 1. The van der Waals surface area contributed by atoms with Gasteiger partial charge in [-0.25, -0.2) is 4.90 Å². The number of benzene rings is 2. The molecule has 2 aromatic rings. The summed E-state index contributed by atoms with van der Waals surface area (Å²) in [7, 11) is 0. The minimum atomic E-state index is -0.608. The Balaban J connectivity index is 2.08. The lowest BCUT2D eigenvalue weighted by atomic mass is 10.1. The molecule has 0 radical (unpaired) electrons. The Hall–Kier alpha value is -2.73. The van der Waals surface area contributed by atoms with E-state index in [0.717, 1.165) is 11.0 Å². The molecule has 0 fully saturated rings. The molecule has 3 rings (SSSR count). The maximum absolute atomic E-state index is 12.3. The van der Waals surface area contributed by atoms with Crippen LogP contribution in [0, 0.1) is 10.1 Å². The number of nitro benzene ring substituents is 1. The van der Waals surface area contributed by atoms with Gasteiger partial charge in [0.25, 0.3) is 17.5 Å². The minimum Gasteiger partial charge on any atom is -0.268 e. The van der Waals surface area contributed by atoms with E-state index in [1.54, 1.807) is 24.3 Å². The molecule has 0 aromatic heterocycles. The maximum Gasteiger partial charge on any atom is 0.270 e. The van der Waals surface area contributed by atoms with Gasteiger partial charge in [-0.1, -0.05) is 11.6 Å². The van der Waals surface area contributed by atoms with Gasteiger partial charge in [0.05, 0.1) is 21.7 Å². The summed E-state index contributed by atoms with van der Waals surface area (Å²) in [6.07, 6.45) is 0. The topological polar surface area (TPSA) is 80.5 Å². The average molecular weight is 303 g/mol. The van der Waals surface area contributed by atoms with E-state index in [9.17, 15) is 19.7 Å². The molecular formula is C14H7ClN2O4. The quantitative estimate of drug-likeness (QED) is 0.485. The second kappa shape index (κ2) is 4.68. The third-order valence-corrected chi connectivity index (χ3v) is 3.42. The highest BCUT2D eigenvalue weighted by atomic mass is 35.5. The normalized spacial score (nSPS) is 13.5. The molecule has 6 nitrogen and oxygen atoms in total. The first kappa shape index (κ1) is 13.3. The van der Waals surface area contributed by atoms with E-state index in [4.69, 9.17) is 11.6 Å². The maximum atomic E-state index is 12.3. The van der Waals surface area contributed by atoms with Crippen LogP contribution < -0.4 is 4.90 Å². The molecule has 7 heteroatoms. The van der Waals surface area contributed by atoms with Crippen molar-refractivity contribution < 1.29 is 14.5 Å². The number of hydrogen-bond donors (Lipinski definition) is 0. The molecule has 0 saturated carbocycles. The number of halogens is 1. The van der Waals surface area contributed by atoms with E-state index in [-0.39, 0.29) is 16.8 Å². The highest BCUT2D eigenvalue weighted by Crippen LogP contribution is 2.31. The van der Waals surface area contributed by atoms with Crippen LogP contribution in [0.3, 0.4) is 0 Å². The van der Waals surface area contributed by atoms with Gasteiger partial charge in [0.2, 0.25) is 0 Å². The number of rotatable bonds is 2. The largest absolute Gasteiger partial charge is 0.270 e. The number of amides is 2. The van der Waals surface area contributed by atoms with Crippen LogP contribution in [0.15, 0.2) is 42.5 Å². The van der Waals surface area contributed by atoms with Gasteiger partial charge < -0.3 is 0 Å². The number of carbonyl (C=O) groups excluding carboxylic acids is 2. The number of carbonyl (C=O) groups is 2. The Morgan fingerprint density at radius 1 is 0.952 bits per heavy atom. The van der Waals surface area contributed by atoms with Gasteiger partial charge in [-0.3, -0.25) is 19.7 Å². The van der Waals surface area contributed by atoms with Gasteiger partial charge in [-0.05, 0) is 30.3 Å². The van der Waals surface area contributed by atoms with Crippen LogP contribution in [0.5, 0.6) is 0 Å². The third-order valence-electron chi connectivity index (χ3n) is 3.17. The Bertz CT molecular complexity index is 786. The Morgan fingerprint density at radius 2 is 1.57 bits per heavy atom. The van der Waals surface area contributed by atoms with Gasteiger partial charge in [0.15, 0.2) is 0 Å². The van der Waals surface area contributed by atoms with Gasteiger partial charge >= 0.3 is 0 Å². The monoisotopic (exact) mass is 302 g/mol. The second-order valence-electron chi connectivity index (χ2n) is 4.41. The smallest absolute Gasteiger partial charge is 0.268 e. The summed E-state index contributed by atoms with van der Waals surface area (Å²) in [6.45, 7) is 0. The fraction of sp³-hybridized carbons (Fsp3) is 0. The minimum absolute atomic E-state index is 0.0316. The number of anilines is 1.